The molecule has 19 heavy (non-hydrogen) atoms. The van der Waals surface area contributed by atoms with Gasteiger partial charge >= 0.3 is 0 Å². The minimum absolute atomic E-state index is 0.243. The number of hydrogen-bond donors (Lipinski definition) is 1. The minimum Gasteiger partial charge on any atom is -0.377 e. The summed E-state index contributed by atoms with van der Waals surface area (Å²) >= 11 is 5.74. The molecule has 0 atom stereocenters. The van der Waals surface area contributed by atoms with Crippen molar-refractivity contribution in [3.05, 3.63) is 52.9 Å². The molecule has 0 aliphatic carbocycles. The zero-order valence-electron chi connectivity index (χ0n) is 10.8. The van der Waals surface area contributed by atoms with Crippen molar-refractivity contribution in [1.29, 1.82) is 0 Å². The fourth-order valence-corrected chi connectivity index (χ4v) is 1.85. The summed E-state index contributed by atoms with van der Waals surface area (Å²) in [5.41, 5.74) is 2.36. The van der Waals surface area contributed by atoms with E-state index in [9.17, 15) is 0 Å². The first-order chi connectivity index (χ1) is 9.29. The van der Waals surface area contributed by atoms with Gasteiger partial charge in [-0.1, -0.05) is 24.3 Å². The molecule has 0 saturated carbocycles. The molecule has 1 aromatic carbocycles. The smallest absolute Gasteiger partial charge is 0.224 e. The van der Waals surface area contributed by atoms with Crippen LogP contribution in [-0.2, 0) is 17.9 Å². The molecule has 1 aromatic heterocycles. The molecule has 2 aromatic rings. The van der Waals surface area contributed by atoms with Gasteiger partial charge in [-0.2, -0.15) is 0 Å². The lowest BCUT2D eigenvalue weighted by Crippen LogP contribution is -2.05. The maximum absolute atomic E-state index is 5.74. The second kappa shape index (κ2) is 7.07. The van der Waals surface area contributed by atoms with Gasteiger partial charge in [-0.05, 0) is 35.7 Å². The highest BCUT2D eigenvalue weighted by Gasteiger charge is 2.02. The highest BCUT2D eigenvalue weighted by atomic mass is 35.5. The van der Waals surface area contributed by atoms with Crippen molar-refractivity contribution in [3.8, 4) is 0 Å². The molecule has 4 nitrogen and oxygen atoms in total. The van der Waals surface area contributed by atoms with Gasteiger partial charge in [0.05, 0.1) is 6.61 Å². The Balaban J connectivity index is 2.02. The normalized spacial score (nSPS) is 10.4. The third kappa shape index (κ3) is 4.19. The first kappa shape index (κ1) is 13.8. The van der Waals surface area contributed by atoms with Gasteiger partial charge in [-0.15, -0.1) is 0 Å². The Morgan fingerprint density at radius 1 is 1.21 bits per heavy atom. The highest BCUT2D eigenvalue weighted by Crippen LogP contribution is 2.13. The Kier molecular flexibility index (Phi) is 5.12. The predicted octanol–water partition coefficient (Wildman–Crippen LogP) is 3.28. The molecule has 0 radical (unpaired) electrons. The average Bonchev–Trinajstić information content (AvgIpc) is 2.44. The van der Waals surface area contributed by atoms with E-state index in [1.807, 2.05) is 19.1 Å². The molecule has 0 aliphatic heterocycles. The number of ether oxygens (including phenoxy) is 1. The maximum atomic E-state index is 5.74. The van der Waals surface area contributed by atoms with Crippen LogP contribution in [0.15, 0.2) is 36.5 Å². The third-order valence-electron chi connectivity index (χ3n) is 2.67. The minimum atomic E-state index is 0.243. The van der Waals surface area contributed by atoms with Crippen LogP contribution in [0.3, 0.4) is 0 Å². The molecule has 0 aliphatic rings. The molecule has 0 spiro atoms. The van der Waals surface area contributed by atoms with Crippen LogP contribution in [0, 0.1) is 0 Å². The molecule has 0 amide bonds. The van der Waals surface area contributed by atoms with Gasteiger partial charge in [0.25, 0.3) is 0 Å². The van der Waals surface area contributed by atoms with Gasteiger partial charge in [-0.25, -0.2) is 9.97 Å². The van der Waals surface area contributed by atoms with E-state index in [1.54, 1.807) is 12.3 Å². The van der Waals surface area contributed by atoms with Crippen molar-refractivity contribution in [2.24, 2.45) is 0 Å². The zero-order chi connectivity index (χ0) is 13.5. The fourth-order valence-electron chi connectivity index (χ4n) is 1.70. The first-order valence-corrected chi connectivity index (χ1v) is 6.54. The van der Waals surface area contributed by atoms with Crippen LogP contribution < -0.4 is 5.32 Å². The van der Waals surface area contributed by atoms with E-state index in [4.69, 9.17) is 16.3 Å². The van der Waals surface area contributed by atoms with E-state index in [0.717, 1.165) is 0 Å². The van der Waals surface area contributed by atoms with Crippen molar-refractivity contribution in [1.82, 2.24) is 9.97 Å². The monoisotopic (exact) mass is 277 g/mol. The molecule has 0 unspecified atom stereocenters. The van der Waals surface area contributed by atoms with Crippen molar-refractivity contribution >= 4 is 17.4 Å². The number of nitrogens with one attached hydrogen (secondary N) is 1. The van der Waals surface area contributed by atoms with Crippen LogP contribution in [0.5, 0.6) is 0 Å². The van der Waals surface area contributed by atoms with Crippen LogP contribution in [0.25, 0.3) is 0 Å². The number of rotatable bonds is 6. The Bertz CT molecular complexity index is 534. The van der Waals surface area contributed by atoms with Crippen LogP contribution in [0.2, 0.25) is 5.28 Å². The predicted molar refractivity (Wildman–Crippen MR) is 76.1 cm³/mol. The van der Waals surface area contributed by atoms with Gasteiger partial charge in [0, 0.05) is 19.3 Å². The summed E-state index contributed by atoms with van der Waals surface area (Å²) in [5.74, 6) is 0.714. The molecule has 5 heteroatoms. The topological polar surface area (TPSA) is 47.0 Å². The van der Waals surface area contributed by atoms with Crippen molar-refractivity contribution in [3.63, 3.8) is 0 Å². The van der Waals surface area contributed by atoms with Crippen LogP contribution in [-0.4, -0.2) is 16.6 Å². The molecule has 1 N–H and O–H groups in total. The molecule has 100 valence electrons. The van der Waals surface area contributed by atoms with E-state index in [2.05, 4.69) is 27.4 Å². The molecule has 0 fully saturated rings. The zero-order valence-corrected chi connectivity index (χ0v) is 11.5. The van der Waals surface area contributed by atoms with E-state index in [0.29, 0.717) is 25.6 Å². The maximum Gasteiger partial charge on any atom is 0.224 e. The van der Waals surface area contributed by atoms with Gasteiger partial charge in [0.15, 0.2) is 0 Å². The largest absolute Gasteiger partial charge is 0.377 e. The Morgan fingerprint density at radius 3 is 2.74 bits per heavy atom. The number of aromatic nitrogens is 2. The van der Waals surface area contributed by atoms with Crippen LogP contribution in [0.4, 0.5) is 5.82 Å². The summed E-state index contributed by atoms with van der Waals surface area (Å²) in [6.45, 7) is 4.00. The molecule has 2 rings (SSSR count). The fraction of sp³-hybridized carbons (Fsp3) is 0.286. The van der Waals surface area contributed by atoms with E-state index < -0.39 is 0 Å². The Labute approximate surface area is 117 Å². The number of anilines is 1. The van der Waals surface area contributed by atoms with Crippen molar-refractivity contribution in [2.45, 2.75) is 20.1 Å². The summed E-state index contributed by atoms with van der Waals surface area (Å²) in [6, 6.07) is 9.96. The van der Waals surface area contributed by atoms with Crippen molar-refractivity contribution in [2.75, 3.05) is 11.9 Å². The van der Waals surface area contributed by atoms with Gasteiger partial charge in [0.2, 0.25) is 5.28 Å². The highest BCUT2D eigenvalue weighted by molar-refractivity contribution is 6.28. The molecular formula is C14H16ClN3O. The second-order valence-corrected chi connectivity index (χ2v) is 4.31. The van der Waals surface area contributed by atoms with Gasteiger partial charge in [0.1, 0.15) is 5.82 Å². The van der Waals surface area contributed by atoms with E-state index in [1.165, 1.54) is 11.1 Å². The third-order valence-corrected chi connectivity index (χ3v) is 2.85. The van der Waals surface area contributed by atoms with Crippen molar-refractivity contribution < 1.29 is 4.74 Å². The standard InChI is InChI=1S/C14H16ClN3O/c1-2-19-10-12-6-4-3-5-11(12)9-17-13-7-8-16-14(15)18-13/h3-8H,2,9-10H2,1H3,(H,16,17,18). The summed E-state index contributed by atoms with van der Waals surface area (Å²) in [4.78, 5) is 7.94. The number of benzene rings is 1. The number of hydrogen-bond acceptors (Lipinski definition) is 4. The molecular weight excluding hydrogens is 262 g/mol. The number of halogens is 1. The molecule has 0 saturated heterocycles. The molecule has 1 heterocycles. The van der Waals surface area contributed by atoms with Crippen LogP contribution >= 0.6 is 11.6 Å². The average molecular weight is 278 g/mol. The SMILES string of the molecule is CCOCc1ccccc1CNc1ccnc(Cl)n1. The summed E-state index contributed by atoms with van der Waals surface area (Å²) in [6.07, 6.45) is 1.63. The lowest BCUT2D eigenvalue weighted by molar-refractivity contribution is 0.133. The summed E-state index contributed by atoms with van der Waals surface area (Å²) in [5, 5.41) is 3.47. The summed E-state index contributed by atoms with van der Waals surface area (Å²) < 4.78 is 5.46. The quantitative estimate of drug-likeness (QED) is 0.823. The first-order valence-electron chi connectivity index (χ1n) is 6.16. The second-order valence-electron chi connectivity index (χ2n) is 3.97. The lowest BCUT2D eigenvalue weighted by Gasteiger charge is -2.11. The summed E-state index contributed by atoms with van der Waals surface area (Å²) in [7, 11) is 0. The van der Waals surface area contributed by atoms with Gasteiger partial charge < -0.3 is 10.1 Å². The Hall–Kier alpha value is -1.65. The van der Waals surface area contributed by atoms with E-state index >= 15 is 0 Å². The lowest BCUT2D eigenvalue weighted by atomic mass is 10.1. The Morgan fingerprint density at radius 2 is 2.00 bits per heavy atom. The molecule has 0 bridgehead atoms. The number of nitrogens with zero attached hydrogens (tertiary/aromatic N) is 2. The van der Waals surface area contributed by atoms with Gasteiger partial charge in [-0.3, -0.25) is 0 Å². The van der Waals surface area contributed by atoms with E-state index in [-0.39, 0.29) is 5.28 Å². The van der Waals surface area contributed by atoms with Crippen LogP contribution in [0.1, 0.15) is 18.1 Å².